The van der Waals surface area contributed by atoms with Crippen molar-refractivity contribution in [2.45, 2.75) is 5.41 Å². The SMILES string of the molecule is [2H]c1c([2H])c([2H])c2c([2H])c(C3(c4cccc5sc6ccccc6c45)c4ccccc4-c4cc(N(c5ccccc5)c5ccccc5-c5ccccc5)ccc43)c([2H])c([2H])c2c1[2H]. The van der Waals surface area contributed by atoms with E-state index in [0.717, 1.165) is 76.2 Å². The van der Waals surface area contributed by atoms with Crippen molar-refractivity contribution in [3.8, 4) is 22.3 Å². The van der Waals surface area contributed by atoms with Crippen LogP contribution in [0.5, 0.6) is 0 Å². The molecule has 1 aliphatic carbocycles. The van der Waals surface area contributed by atoms with Gasteiger partial charge in [0.25, 0.3) is 0 Å². The number of thiophene rings is 1. The predicted molar refractivity (Wildman–Crippen MR) is 234 cm³/mol. The molecule has 0 saturated heterocycles. The van der Waals surface area contributed by atoms with Gasteiger partial charge in [0.2, 0.25) is 0 Å². The van der Waals surface area contributed by atoms with Crippen LogP contribution in [0, 0.1) is 0 Å². The summed E-state index contributed by atoms with van der Waals surface area (Å²) in [7, 11) is 0. The number of para-hydroxylation sites is 2. The Morgan fingerprint density at radius 1 is 0.473 bits per heavy atom. The first-order valence-electron chi connectivity index (χ1n) is 21.9. The highest BCUT2D eigenvalue weighted by Gasteiger charge is 2.47. The number of fused-ring (bicyclic) bond motifs is 7. The molecule has 0 fully saturated rings. The van der Waals surface area contributed by atoms with E-state index in [1.54, 1.807) is 11.3 Å². The van der Waals surface area contributed by atoms with Gasteiger partial charge in [0.1, 0.15) is 0 Å². The summed E-state index contributed by atoms with van der Waals surface area (Å²) < 4.78 is 66.9. The van der Waals surface area contributed by atoms with E-state index in [0.29, 0.717) is 0 Å². The molecule has 9 aromatic carbocycles. The fraction of sp³-hybridized carbons (Fsp3) is 0.0189. The van der Waals surface area contributed by atoms with Gasteiger partial charge in [0.05, 0.1) is 20.7 Å². The molecule has 1 unspecified atom stereocenters. The molecule has 1 heterocycles. The van der Waals surface area contributed by atoms with Crippen molar-refractivity contribution in [3.63, 3.8) is 0 Å². The van der Waals surface area contributed by atoms with E-state index >= 15 is 0 Å². The maximum Gasteiger partial charge on any atom is 0.0720 e. The summed E-state index contributed by atoms with van der Waals surface area (Å²) in [5.74, 6) is 0. The smallest absolute Gasteiger partial charge is 0.0720 e. The van der Waals surface area contributed by atoms with Crippen molar-refractivity contribution in [3.05, 3.63) is 234 Å². The van der Waals surface area contributed by atoms with E-state index in [4.69, 9.17) is 5.48 Å². The van der Waals surface area contributed by atoms with Gasteiger partial charge in [-0.15, -0.1) is 11.3 Å². The van der Waals surface area contributed by atoms with Crippen LogP contribution in [0.2, 0.25) is 0 Å². The Kier molecular flexibility index (Phi) is 5.84. The summed E-state index contributed by atoms with van der Waals surface area (Å²) in [5.41, 5.74) is 8.12. The van der Waals surface area contributed by atoms with Gasteiger partial charge >= 0.3 is 0 Å². The number of rotatable bonds is 6. The number of hydrogen-bond donors (Lipinski definition) is 0. The largest absolute Gasteiger partial charge is 0.310 e. The molecular formula is C53H35NS. The minimum Gasteiger partial charge on any atom is -0.310 e. The summed E-state index contributed by atoms with van der Waals surface area (Å²) in [6, 6.07) is 55.4. The van der Waals surface area contributed by atoms with E-state index in [2.05, 4.69) is 108 Å². The quantitative estimate of drug-likeness (QED) is 0.165. The van der Waals surface area contributed by atoms with Crippen LogP contribution >= 0.6 is 11.3 Å². The summed E-state index contributed by atoms with van der Waals surface area (Å²) in [6.07, 6.45) is 0. The molecule has 10 aromatic rings. The van der Waals surface area contributed by atoms with Gasteiger partial charge in [-0.25, -0.2) is 0 Å². The van der Waals surface area contributed by atoms with Crippen molar-refractivity contribution in [1.82, 2.24) is 0 Å². The fourth-order valence-electron chi connectivity index (χ4n) is 8.70. The topological polar surface area (TPSA) is 3.24 Å². The average molecular weight is 725 g/mol. The Bertz CT molecular complexity index is 3460. The molecule has 2 heteroatoms. The molecule has 0 spiro atoms. The number of benzene rings is 9. The van der Waals surface area contributed by atoms with Crippen molar-refractivity contribution < 1.29 is 9.60 Å². The van der Waals surface area contributed by atoms with E-state index in [1.807, 2.05) is 66.7 Å². The number of hydrogen-bond acceptors (Lipinski definition) is 2. The molecule has 0 saturated carbocycles. The molecule has 11 rings (SSSR count). The lowest BCUT2D eigenvalue weighted by atomic mass is 9.66. The van der Waals surface area contributed by atoms with Crippen LogP contribution in [0.15, 0.2) is 212 Å². The van der Waals surface area contributed by atoms with Crippen LogP contribution in [0.1, 0.15) is 31.8 Å². The monoisotopic (exact) mass is 724 g/mol. The van der Waals surface area contributed by atoms with E-state index < -0.39 is 29.6 Å². The van der Waals surface area contributed by atoms with E-state index in [-0.39, 0.29) is 34.5 Å². The maximum atomic E-state index is 10.1. The van der Waals surface area contributed by atoms with Gasteiger partial charge in [-0.05, 0) is 98.2 Å². The third-order valence-electron chi connectivity index (χ3n) is 11.0. The third-order valence-corrected chi connectivity index (χ3v) is 12.1. The average Bonchev–Trinajstić information content (AvgIpc) is 3.84. The van der Waals surface area contributed by atoms with Gasteiger partial charge in [-0.2, -0.15) is 0 Å². The minimum absolute atomic E-state index is 0.0657. The molecule has 55 heavy (non-hydrogen) atoms. The highest BCUT2D eigenvalue weighted by Crippen LogP contribution is 2.59. The first-order valence-corrected chi connectivity index (χ1v) is 19.2. The summed E-state index contributed by atoms with van der Waals surface area (Å²) in [5, 5.41) is 1.82. The summed E-state index contributed by atoms with van der Waals surface area (Å²) in [4.78, 5) is 2.26. The van der Waals surface area contributed by atoms with Gasteiger partial charge in [-0.1, -0.05) is 164 Å². The molecule has 1 aliphatic rings. The first kappa shape index (κ1) is 25.3. The van der Waals surface area contributed by atoms with Gasteiger partial charge in [0, 0.05) is 37.1 Å². The lowest BCUT2D eigenvalue weighted by Crippen LogP contribution is -2.29. The molecule has 0 radical (unpaired) electrons. The zero-order valence-electron chi connectivity index (χ0n) is 36.5. The number of nitrogens with zero attached hydrogens (tertiary/aromatic N) is 1. The molecule has 1 atom stereocenters. The van der Waals surface area contributed by atoms with Gasteiger partial charge < -0.3 is 4.90 Å². The van der Waals surface area contributed by atoms with Crippen LogP contribution in [-0.2, 0) is 5.41 Å². The molecule has 0 aliphatic heterocycles. The normalized spacial score (nSPS) is 16.4. The summed E-state index contributed by atoms with van der Waals surface area (Å²) >= 11 is 1.68. The first-order chi connectivity index (χ1) is 30.2. The Morgan fingerprint density at radius 2 is 1.15 bits per heavy atom. The van der Waals surface area contributed by atoms with Crippen LogP contribution < -0.4 is 4.90 Å². The van der Waals surface area contributed by atoms with Crippen molar-refractivity contribution in [2.75, 3.05) is 4.90 Å². The lowest BCUT2D eigenvalue weighted by molar-refractivity contribution is 0.778. The highest BCUT2D eigenvalue weighted by molar-refractivity contribution is 7.25. The molecule has 1 nitrogen and oxygen atoms in total. The fourth-order valence-corrected chi connectivity index (χ4v) is 9.83. The second kappa shape index (κ2) is 12.7. The van der Waals surface area contributed by atoms with Crippen molar-refractivity contribution >= 4 is 59.3 Å². The zero-order chi connectivity index (χ0) is 42.4. The van der Waals surface area contributed by atoms with Crippen LogP contribution in [0.4, 0.5) is 17.1 Å². The molecule has 258 valence electrons. The van der Waals surface area contributed by atoms with E-state index in [9.17, 15) is 4.11 Å². The molecule has 1 aromatic heterocycles. The number of anilines is 3. The molecule has 0 N–H and O–H groups in total. The van der Waals surface area contributed by atoms with Crippen molar-refractivity contribution in [1.29, 1.82) is 0 Å². The highest BCUT2D eigenvalue weighted by atomic mass is 32.1. The molecule has 0 amide bonds. The Morgan fingerprint density at radius 3 is 2.02 bits per heavy atom. The Balaban J connectivity index is 1.29. The van der Waals surface area contributed by atoms with Crippen LogP contribution in [0.3, 0.4) is 0 Å². The van der Waals surface area contributed by atoms with Crippen LogP contribution in [-0.4, -0.2) is 0 Å². The minimum atomic E-state index is -1.36. The maximum absolute atomic E-state index is 10.1. The Hall–Kier alpha value is -6.74. The molecular weight excluding hydrogens is 683 g/mol. The standard InChI is InChI=1S/C53H35NS/c1-3-17-37(18-4-1)42-22-10-13-27-49(42)54(40-20-5-2-6-21-40)41-32-33-47-45(35-41)43-23-9-12-25-46(43)53(47,39-31-30-36-16-7-8-19-38(36)34-39)48-26-15-29-51-52(48)44-24-11-14-28-50(44)55-51/h1-35H/i7D,8D,16D,19D,30D,31D,34D. The Labute approximate surface area is 334 Å². The van der Waals surface area contributed by atoms with Crippen molar-refractivity contribution in [2.24, 2.45) is 0 Å². The summed E-state index contributed by atoms with van der Waals surface area (Å²) in [6.45, 7) is 0. The van der Waals surface area contributed by atoms with Gasteiger partial charge in [0.15, 0.2) is 0 Å². The second-order valence-electron chi connectivity index (χ2n) is 13.9. The van der Waals surface area contributed by atoms with E-state index in [1.165, 1.54) is 0 Å². The second-order valence-corrected chi connectivity index (χ2v) is 14.9. The predicted octanol–water partition coefficient (Wildman–Crippen LogP) is 14.7. The lowest BCUT2D eigenvalue weighted by Gasteiger charge is -2.35. The zero-order valence-corrected chi connectivity index (χ0v) is 30.3. The third kappa shape index (κ3) is 4.85. The molecule has 0 bridgehead atoms. The van der Waals surface area contributed by atoms with Crippen LogP contribution in [0.25, 0.3) is 53.2 Å². The van der Waals surface area contributed by atoms with Gasteiger partial charge in [-0.3, -0.25) is 0 Å².